The van der Waals surface area contributed by atoms with Crippen LogP contribution in [0.4, 0.5) is 5.82 Å². The quantitative estimate of drug-likeness (QED) is 0.807. The van der Waals surface area contributed by atoms with E-state index in [1.807, 2.05) is 17.2 Å². The Morgan fingerprint density at radius 2 is 1.92 bits per heavy atom. The Hall–Kier alpha value is -1.54. The minimum absolute atomic E-state index is 0. The van der Waals surface area contributed by atoms with Gasteiger partial charge in [0.15, 0.2) is 5.82 Å². The largest absolute Gasteiger partial charge is 0.366 e. The molecule has 0 bridgehead atoms. The number of benzene rings is 1. The smallest absolute Gasteiger partial charge is 0.219 e. The lowest BCUT2D eigenvalue weighted by atomic mass is 10.3. The van der Waals surface area contributed by atoms with E-state index < -0.39 is 0 Å². The highest BCUT2D eigenvalue weighted by molar-refractivity contribution is 6.42. The highest BCUT2D eigenvalue weighted by Crippen LogP contribution is 2.24. The lowest BCUT2D eigenvalue weighted by Gasteiger charge is -2.34. The van der Waals surface area contributed by atoms with Crippen LogP contribution in [-0.4, -0.2) is 70.0 Å². The summed E-state index contributed by atoms with van der Waals surface area (Å²) < 4.78 is 1.65. The molecule has 1 saturated heterocycles. The van der Waals surface area contributed by atoms with E-state index in [-0.39, 0.29) is 18.3 Å². The Morgan fingerprint density at radius 1 is 1.19 bits per heavy atom. The number of piperazine rings is 1. The maximum absolute atomic E-state index is 11.3. The number of hydrogen-bond donors (Lipinski definition) is 1. The molecule has 142 valence electrons. The molecule has 1 fully saturated rings. The van der Waals surface area contributed by atoms with E-state index in [1.165, 1.54) is 0 Å². The Kier molecular flexibility index (Phi) is 7.52. The summed E-state index contributed by atoms with van der Waals surface area (Å²) in [6, 6.07) is 5.31. The maximum Gasteiger partial charge on any atom is 0.219 e. The standard InChI is InChI=1S/C16H20Cl2N6O.ClH/c1-12(25)23-8-6-22(7-9-23)5-4-19-16-11-24(21-20-16)13-2-3-14(17)15(18)10-13;/h2-3,10-11,19H,4-9H2,1H3;1H. The molecule has 2 heterocycles. The molecule has 3 rings (SSSR count). The number of nitrogens with zero attached hydrogens (tertiary/aromatic N) is 5. The van der Waals surface area contributed by atoms with Gasteiger partial charge in [0, 0.05) is 46.2 Å². The monoisotopic (exact) mass is 418 g/mol. The van der Waals surface area contributed by atoms with Gasteiger partial charge in [-0.2, -0.15) is 0 Å². The van der Waals surface area contributed by atoms with E-state index in [0.29, 0.717) is 15.9 Å². The summed E-state index contributed by atoms with van der Waals surface area (Å²) in [6.07, 6.45) is 1.81. The van der Waals surface area contributed by atoms with Crippen molar-refractivity contribution in [1.29, 1.82) is 0 Å². The summed E-state index contributed by atoms with van der Waals surface area (Å²) in [5, 5.41) is 12.5. The number of nitrogens with one attached hydrogen (secondary N) is 1. The molecule has 1 aliphatic heterocycles. The molecule has 0 aliphatic carbocycles. The summed E-state index contributed by atoms with van der Waals surface area (Å²) >= 11 is 12.0. The lowest BCUT2D eigenvalue weighted by Crippen LogP contribution is -2.49. The number of amides is 1. The van der Waals surface area contributed by atoms with Gasteiger partial charge in [-0.1, -0.05) is 28.4 Å². The van der Waals surface area contributed by atoms with Crippen LogP contribution in [0.1, 0.15) is 6.92 Å². The van der Waals surface area contributed by atoms with Crippen molar-refractivity contribution in [2.24, 2.45) is 0 Å². The van der Waals surface area contributed by atoms with Crippen LogP contribution in [0.2, 0.25) is 10.0 Å². The van der Waals surface area contributed by atoms with Crippen LogP contribution in [0.3, 0.4) is 0 Å². The third-order valence-electron chi connectivity index (χ3n) is 4.21. The molecule has 0 atom stereocenters. The topological polar surface area (TPSA) is 66.3 Å². The van der Waals surface area contributed by atoms with E-state index >= 15 is 0 Å². The first kappa shape index (κ1) is 20.8. The van der Waals surface area contributed by atoms with E-state index in [1.54, 1.807) is 23.7 Å². The Morgan fingerprint density at radius 3 is 2.58 bits per heavy atom. The van der Waals surface area contributed by atoms with Crippen LogP contribution >= 0.6 is 35.6 Å². The first-order chi connectivity index (χ1) is 12.0. The van der Waals surface area contributed by atoms with Crippen molar-refractivity contribution >= 4 is 47.3 Å². The van der Waals surface area contributed by atoms with Gasteiger partial charge in [0.1, 0.15) is 0 Å². The Bertz CT molecular complexity index is 745. The van der Waals surface area contributed by atoms with Gasteiger partial charge in [0.05, 0.1) is 21.9 Å². The van der Waals surface area contributed by atoms with Gasteiger partial charge in [-0.15, -0.1) is 17.5 Å². The lowest BCUT2D eigenvalue weighted by molar-refractivity contribution is -0.130. The van der Waals surface area contributed by atoms with Gasteiger partial charge >= 0.3 is 0 Å². The zero-order chi connectivity index (χ0) is 17.8. The number of carbonyl (C=O) groups excluding carboxylic acids is 1. The highest BCUT2D eigenvalue weighted by Gasteiger charge is 2.17. The van der Waals surface area contributed by atoms with Crippen molar-refractivity contribution in [1.82, 2.24) is 24.8 Å². The van der Waals surface area contributed by atoms with Crippen LogP contribution in [0.15, 0.2) is 24.4 Å². The number of aromatic nitrogens is 3. The van der Waals surface area contributed by atoms with E-state index in [9.17, 15) is 4.79 Å². The summed E-state index contributed by atoms with van der Waals surface area (Å²) in [4.78, 5) is 15.5. The molecule has 1 aliphatic rings. The van der Waals surface area contributed by atoms with Gasteiger partial charge < -0.3 is 10.2 Å². The molecule has 26 heavy (non-hydrogen) atoms. The number of carbonyl (C=O) groups is 1. The fourth-order valence-corrected chi connectivity index (χ4v) is 3.02. The summed E-state index contributed by atoms with van der Waals surface area (Å²) in [7, 11) is 0. The van der Waals surface area contributed by atoms with Gasteiger partial charge in [0.25, 0.3) is 0 Å². The molecule has 2 aromatic rings. The third kappa shape index (κ3) is 5.23. The van der Waals surface area contributed by atoms with Crippen molar-refractivity contribution in [3.63, 3.8) is 0 Å². The summed E-state index contributed by atoms with van der Waals surface area (Å²) in [6.45, 7) is 6.67. The van der Waals surface area contributed by atoms with Gasteiger partial charge in [-0.25, -0.2) is 4.68 Å². The minimum Gasteiger partial charge on any atom is -0.366 e. The molecule has 1 N–H and O–H groups in total. The van der Waals surface area contributed by atoms with Crippen LogP contribution in [-0.2, 0) is 4.79 Å². The predicted molar refractivity (Wildman–Crippen MR) is 106 cm³/mol. The number of halogens is 3. The number of hydrogen-bond acceptors (Lipinski definition) is 5. The molecule has 1 aromatic carbocycles. The Labute approximate surface area is 168 Å². The van der Waals surface area contributed by atoms with E-state index in [2.05, 4.69) is 20.5 Å². The summed E-state index contributed by atoms with van der Waals surface area (Å²) in [5.74, 6) is 0.852. The number of rotatable bonds is 5. The van der Waals surface area contributed by atoms with Crippen LogP contribution < -0.4 is 5.32 Å². The van der Waals surface area contributed by atoms with Crippen LogP contribution in [0.25, 0.3) is 5.69 Å². The van der Waals surface area contributed by atoms with Crippen molar-refractivity contribution < 1.29 is 4.79 Å². The molecule has 1 amide bonds. The second-order valence-corrected chi connectivity index (χ2v) is 6.74. The zero-order valence-corrected chi connectivity index (χ0v) is 16.7. The molecule has 0 radical (unpaired) electrons. The van der Waals surface area contributed by atoms with Gasteiger partial charge in [-0.3, -0.25) is 9.69 Å². The van der Waals surface area contributed by atoms with Gasteiger partial charge in [-0.05, 0) is 18.2 Å². The average molecular weight is 420 g/mol. The summed E-state index contributed by atoms with van der Waals surface area (Å²) in [5.41, 5.74) is 0.801. The van der Waals surface area contributed by atoms with Crippen molar-refractivity contribution in [3.8, 4) is 5.69 Å². The second kappa shape index (κ2) is 9.41. The first-order valence-electron chi connectivity index (χ1n) is 8.12. The van der Waals surface area contributed by atoms with Crippen LogP contribution in [0.5, 0.6) is 0 Å². The molecule has 10 heteroatoms. The molecule has 7 nitrogen and oxygen atoms in total. The number of anilines is 1. The van der Waals surface area contributed by atoms with Crippen molar-refractivity contribution in [2.75, 3.05) is 44.6 Å². The predicted octanol–water partition coefficient (Wildman–Crippen LogP) is 2.57. The third-order valence-corrected chi connectivity index (χ3v) is 4.95. The molecule has 0 unspecified atom stereocenters. The Balaban J connectivity index is 0.00000243. The SMILES string of the molecule is CC(=O)N1CCN(CCNc2cn(-c3ccc(Cl)c(Cl)c3)nn2)CC1.Cl. The van der Waals surface area contributed by atoms with Gasteiger partial charge in [0.2, 0.25) is 5.91 Å². The fraction of sp³-hybridized carbons (Fsp3) is 0.438. The second-order valence-electron chi connectivity index (χ2n) is 5.92. The van der Waals surface area contributed by atoms with E-state index in [0.717, 1.165) is 45.0 Å². The van der Waals surface area contributed by atoms with Crippen LogP contribution in [0, 0.1) is 0 Å². The molecular weight excluding hydrogens is 399 g/mol. The molecule has 0 saturated carbocycles. The van der Waals surface area contributed by atoms with Crippen molar-refractivity contribution in [2.45, 2.75) is 6.92 Å². The fourth-order valence-electron chi connectivity index (χ4n) is 2.73. The normalized spacial score (nSPS) is 14.8. The zero-order valence-electron chi connectivity index (χ0n) is 14.4. The molecular formula is C16H21Cl3N6O. The minimum atomic E-state index is 0. The van der Waals surface area contributed by atoms with Crippen molar-refractivity contribution in [3.05, 3.63) is 34.4 Å². The first-order valence-corrected chi connectivity index (χ1v) is 8.88. The molecule has 0 spiro atoms. The molecule has 1 aromatic heterocycles. The van der Waals surface area contributed by atoms with E-state index in [4.69, 9.17) is 23.2 Å². The highest BCUT2D eigenvalue weighted by atomic mass is 35.5. The maximum atomic E-state index is 11.3. The average Bonchev–Trinajstić information content (AvgIpc) is 3.07.